The van der Waals surface area contributed by atoms with Crippen molar-refractivity contribution in [2.24, 2.45) is 0 Å². The van der Waals surface area contributed by atoms with Crippen LogP contribution in [0, 0.1) is 0 Å². The molecule has 2 nitrogen and oxygen atoms in total. The molecule has 0 fully saturated rings. The van der Waals surface area contributed by atoms with Crippen molar-refractivity contribution in [2.75, 3.05) is 6.54 Å². The highest BCUT2D eigenvalue weighted by molar-refractivity contribution is 5.76. The van der Waals surface area contributed by atoms with Crippen LogP contribution in [-0.2, 0) is 4.79 Å². The van der Waals surface area contributed by atoms with Crippen molar-refractivity contribution < 1.29 is 4.79 Å². The van der Waals surface area contributed by atoms with Crippen LogP contribution in [0.2, 0.25) is 0 Å². The lowest BCUT2D eigenvalue weighted by Gasteiger charge is -2.28. The molecule has 1 aliphatic heterocycles. The summed E-state index contributed by atoms with van der Waals surface area (Å²) in [6, 6.07) is 0.436. The molecule has 0 aromatic carbocycles. The number of nitrogens with zero attached hydrogens (tertiary/aromatic N) is 1. The van der Waals surface area contributed by atoms with Crippen LogP contribution in [0.3, 0.4) is 0 Å². The van der Waals surface area contributed by atoms with Crippen molar-refractivity contribution in [3.05, 3.63) is 12.2 Å². The Morgan fingerprint density at radius 2 is 2.23 bits per heavy atom. The molecule has 0 aliphatic carbocycles. The molecule has 0 unspecified atom stereocenters. The third-order valence-electron chi connectivity index (χ3n) is 2.65. The molecular formula is C11H19NO. The number of amides is 1. The van der Waals surface area contributed by atoms with Crippen LogP contribution < -0.4 is 0 Å². The van der Waals surface area contributed by atoms with Crippen LogP contribution in [0.15, 0.2) is 12.2 Å². The number of carbonyl (C=O) groups is 1. The Balaban J connectivity index is 2.63. The van der Waals surface area contributed by atoms with E-state index in [1.807, 2.05) is 11.8 Å². The maximum absolute atomic E-state index is 11.6. The van der Waals surface area contributed by atoms with E-state index < -0.39 is 0 Å². The minimum atomic E-state index is 0.301. The van der Waals surface area contributed by atoms with Gasteiger partial charge in [-0.15, -0.1) is 0 Å². The van der Waals surface area contributed by atoms with Crippen molar-refractivity contribution >= 4 is 5.91 Å². The van der Waals surface area contributed by atoms with Crippen LogP contribution in [0.4, 0.5) is 0 Å². The largest absolute Gasteiger partial charge is 0.339 e. The number of hydrogen-bond acceptors (Lipinski definition) is 1. The van der Waals surface area contributed by atoms with Crippen LogP contribution in [0.1, 0.15) is 39.5 Å². The molecular weight excluding hydrogens is 162 g/mol. The average Bonchev–Trinajstić information content (AvgIpc) is 2.41. The zero-order valence-corrected chi connectivity index (χ0v) is 8.62. The average molecular weight is 181 g/mol. The fourth-order valence-electron chi connectivity index (χ4n) is 1.81. The Hall–Kier alpha value is -0.790. The van der Waals surface area contributed by atoms with E-state index in [-0.39, 0.29) is 0 Å². The first-order valence-corrected chi connectivity index (χ1v) is 5.24. The fraction of sp³-hybridized carbons (Fsp3) is 0.727. The zero-order chi connectivity index (χ0) is 9.68. The van der Waals surface area contributed by atoms with Crippen LogP contribution in [0.25, 0.3) is 0 Å². The Bertz CT molecular complexity index is 198. The first-order chi connectivity index (χ1) is 6.29. The summed E-state index contributed by atoms with van der Waals surface area (Å²) >= 11 is 0. The van der Waals surface area contributed by atoms with Crippen molar-refractivity contribution in [3.8, 4) is 0 Å². The van der Waals surface area contributed by atoms with Crippen molar-refractivity contribution in [1.82, 2.24) is 4.90 Å². The molecule has 74 valence electrons. The molecule has 0 saturated heterocycles. The normalized spacial score (nSPS) is 22.9. The van der Waals surface area contributed by atoms with E-state index in [1.165, 1.54) is 0 Å². The molecule has 0 radical (unpaired) electrons. The second kappa shape index (κ2) is 5.05. The van der Waals surface area contributed by atoms with Crippen molar-refractivity contribution in [2.45, 2.75) is 45.6 Å². The summed E-state index contributed by atoms with van der Waals surface area (Å²) in [5.74, 6) is 0.301. The van der Waals surface area contributed by atoms with Crippen LogP contribution >= 0.6 is 0 Å². The highest BCUT2D eigenvalue weighted by Crippen LogP contribution is 2.15. The molecule has 0 saturated carbocycles. The summed E-state index contributed by atoms with van der Waals surface area (Å²) in [4.78, 5) is 13.6. The fourth-order valence-corrected chi connectivity index (χ4v) is 1.81. The lowest BCUT2D eigenvalue weighted by atomic mass is 10.1. The minimum Gasteiger partial charge on any atom is -0.339 e. The second-order valence-corrected chi connectivity index (χ2v) is 3.50. The third kappa shape index (κ3) is 2.58. The predicted octanol–water partition coefficient (Wildman–Crippen LogP) is 2.35. The Morgan fingerprint density at radius 3 is 2.85 bits per heavy atom. The smallest absolute Gasteiger partial charge is 0.222 e. The first-order valence-electron chi connectivity index (χ1n) is 5.24. The number of rotatable bonds is 2. The summed E-state index contributed by atoms with van der Waals surface area (Å²) in [6.45, 7) is 4.99. The van der Waals surface area contributed by atoms with E-state index in [9.17, 15) is 4.79 Å². The van der Waals surface area contributed by atoms with E-state index in [2.05, 4.69) is 19.1 Å². The minimum absolute atomic E-state index is 0.301. The van der Waals surface area contributed by atoms with Gasteiger partial charge in [-0.25, -0.2) is 0 Å². The molecule has 0 bridgehead atoms. The van der Waals surface area contributed by atoms with Gasteiger partial charge in [0.15, 0.2) is 0 Å². The monoisotopic (exact) mass is 181 g/mol. The maximum atomic E-state index is 11.6. The summed E-state index contributed by atoms with van der Waals surface area (Å²) in [5, 5.41) is 0. The topological polar surface area (TPSA) is 20.3 Å². The summed E-state index contributed by atoms with van der Waals surface area (Å²) < 4.78 is 0. The van der Waals surface area contributed by atoms with E-state index in [0.717, 1.165) is 25.8 Å². The number of hydrogen-bond donors (Lipinski definition) is 0. The zero-order valence-electron chi connectivity index (χ0n) is 8.62. The number of carbonyl (C=O) groups excluding carboxylic acids is 1. The molecule has 1 rings (SSSR count). The molecule has 0 N–H and O–H groups in total. The predicted molar refractivity (Wildman–Crippen MR) is 54.5 cm³/mol. The Labute approximate surface area is 80.6 Å². The molecule has 13 heavy (non-hydrogen) atoms. The molecule has 1 heterocycles. The summed E-state index contributed by atoms with van der Waals surface area (Å²) in [5.41, 5.74) is 0. The summed E-state index contributed by atoms with van der Waals surface area (Å²) in [7, 11) is 0. The van der Waals surface area contributed by atoms with Crippen molar-refractivity contribution in [3.63, 3.8) is 0 Å². The molecule has 1 atom stereocenters. The molecule has 0 spiro atoms. The molecule has 0 aromatic rings. The van der Waals surface area contributed by atoms with Gasteiger partial charge in [-0.2, -0.15) is 0 Å². The molecule has 1 aliphatic rings. The lowest BCUT2D eigenvalue weighted by Crippen LogP contribution is -2.39. The van der Waals surface area contributed by atoms with E-state index in [4.69, 9.17) is 0 Å². The van der Waals surface area contributed by atoms with Gasteiger partial charge in [-0.1, -0.05) is 26.0 Å². The SMILES string of the molecule is CCC(=O)N1CCC=CC[C@@H]1CC. The molecule has 1 amide bonds. The van der Waals surface area contributed by atoms with Gasteiger partial charge in [0.05, 0.1) is 0 Å². The Kier molecular flexibility index (Phi) is 4.00. The molecule has 0 aromatic heterocycles. The standard InChI is InChI=1S/C11H19NO/c1-3-10-8-6-5-7-9-12(10)11(13)4-2/h5-6,10H,3-4,7-9H2,1-2H3/t10-/m0/s1. The van der Waals surface area contributed by atoms with Gasteiger partial charge in [-0.05, 0) is 19.3 Å². The van der Waals surface area contributed by atoms with Gasteiger partial charge in [0.25, 0.3) is 0 Å². The first kappa shape index (κ1) is 10.3. The van der Waals surface area contributed by atoms with Gasteiger partial charge in [-0.3, -0.25) is 4.79 Å². The van der Waals surface area contributed by atoms with Gasteiger partial charge >= 0.3 is 0 Å². The molecule has 2 heteroatoms. The van der Waals surface area contributed by atoms with Gasteiger partial charge in [0.1, 0.15) is 0 Å². The van der Waals surface area contributed by atoms with Gasteiger partial charge in [0, 0.05) is 19.0 Å². The van der Waals surface area contributed by atoms with E-state index in [1.54, 1.807) is 0 Å². The van der Waals surface area contributed by atoms with Crippen LogP contribution in [-0.4, -0.2) is 23.4 Å². The van der Waals surface area contributed by atoms with Gasteiger partial charge < -0.3 is 4.90 Å². The van der Waals surface area contributed by atoms with E-state index >= 15 is 0 Å². The van der Waals surface area contributed by atoms with Crippen LogP contribution in [0.5, 0.6) is 0 Å². The summed E-state index contributed by atoms with van der Waals surface area (Å²) in [6.07, 6.45) is 8.14. The lowest BCUT2D eigenvalue weighted by molar-refractivity contribution is -0.133. The third-order valence-corrected chi connectivity index (χ3v) is 2.65. The van der Waals surface area contributed by atoms with Gasteiger partial charge in [0.2, 0.25) is 5.91 Å². The second-order valence-electron chi connectivity index (χ2n) is 3.50. The van der Waals surface area contributed by atoms with E-state index in [0.29, 0.717) is 18.4 Å². The highest BCUT2D eigenvalue weighted by Gasteiger charge is 2.20. The highest BCUT2D eigenvalue weighted by atomic mass is 16.2. The quantitative estimate of drug-likeness (QED) is 0.599. The maximum Gasteiger partial charge on any atom is 0.222 e. The van der Waals surface area contributed by atoms with Crippen molar-refractivity contribution in [1.29, 1.82) is 0 Å². The Morgan fingerprint density at radius 1 is 1.46 bits per heavy atom.